The van der Waals surface area contributed by atoms with Gasteiger partial charge < -0.3 is 41.0 Å². The van der Waals surface area contributed by atoms with Gasteiger partial charge in [-0.3, -0.25) is 19.4 Å². The number of nitrogens with two attached hydrogens (primary N) is 1. The molecule has 2 aliphatic rings. The third-order valence-corrected chi connectivity index (χ3v) is 15.0. The summed E-state index contributed by atoms with van der Waals surface area (Å²) in [5.41, 5.74) is 9.65. The lowest BCUT2D eigenvalue weighted by Crippen LogP contribution is -2.49. The molecule has 4 aromatic carbocycles. The molecule has 0 spiro atoms. The van der Waals surface area contributed by atoms with Crippen molar-refractivity contribution in [3.8, 4) is 23.7 Å². The van der Waals surface area contributed by atoms with Gasteiger partial charge in [-0.05, 0) is 121 Å². The van der Waals surface area contributed by atoms with Crippen LogP contribution in [0.1, 0.15) is 76.6 Å². The Morgan fingerprint density at radius 3 is 1.45 bits per heavy atom. The number of halogens is 7. The average molecular weight is 1280 g/mol. The summed E-state index contributed by atoms with van der Waals surface area (Å²) in [5, 5.41) is 16.6. The number of rotatable bonds is 12. The maximum Gasteiger partial charge on any atom is 0.416 e. The minimum absolute atomic E-state index is 0.00712. The molecule has 2 fully saturated rings. The van der Waals surface area contributed by atoms with Gasteiger partial charge >= 0.3 is 24.5 Å². The van der Waals surface area contributed by atoms with Crippen LogP contribution in [0.4, 0.5) is 47.3 Å². The number of imidazole rings is 2. The molecular weight excluding hydrogens is 1210 g/mol. The van der Waals surface area contributed by atoms with E-state index in [0.29, 0.717) is 79.6 Å². The first-order valence-electron chi connectivity index (χ1n) is 28.6. The van der Waals surface area contributed by atoms with E-state index in [0.717, 1.165) is 56.0 Å². The van der Waals surface area contributed by atoms with Crippen LogP contribution in [0.2, 0.25) is 0 Å². The Kier molecular flexibility index (Phi) is 23.1. The number of methoxy groups -OCH3 is 2. The van der Waals surface area contributed by atoms with Crippen molar-refractivity contribution < 1.29 is 55.0 Å². The molecule has 476 valence electrons. The number of ether oxygens (including phenoxy) is 2. The fourth-order valence-electron chi connectivity index (χ4n) is 9.61. The first kappa shape index (κ1) is 67.4. The maximum absolute atomic E-state index is 14.0. The molecule has 10 rings (SSSR count). The Hall–Kier alpha value is -9.57. The molecule has 8 aromatic rings. The van der Waals surface area contributed by atoms with Gasteiger partial charge in [0.15, 0.2) is 11.3 Å². The van der Waals surface area contributed by atoms with Gasteiger partial charge in [-0.1, -0.05) is 36.1 Å². The molecule has 0 unspecified atom stereocenters. The lowest BCUT2D eigenvalue weighted by Gasteiger charge is -2.33. The average Bonchev–Trinajstić information content (AvgIpc) is 1.32. The van der Waals surface area contributed by atoms with Gasteiger partial charge in [-0.15, -0.1) is 11.6 Å². The summed E-state index contributed by atoms with van der Waals surface area (Å²) in [6, 6.07) is 24.3. The number of nitrogens with zero attached hydrogens (tertiary/aromatic N) is 10. The number of anilines is 2. The second-order valence-electron chi connectivity index (χ2n) is 20.8. The van der Waals surface area contributed by atoms with Crippen molar-refractivity contribution in [2.24, 2.45) is 5.73 Å². The monoisotopic (exact) mass is 1270 g/mol. The van der Waals surface area contributed by atoms with Gasteiger partial charge in [0.2, 0.25) is 0 Å². The van der Waals surface area contributed by atoms with Gasteiger partial charge in [0.05, 0.1) is 37.7 Å². The van der Waals surface area contributed by atoms with Crippen LogP contribution in [0, 0.1) is 37.5 Å². The van der Waals surface area contributed by atoms with Crippen molar-refractivity contribution in [3.05, 3.63) is 189 Å². The summed E-state index contributed by atoms with van der Waals surface area (Å²) in [7, 11) is 2.75. The zero-order valence-electron chi connectivity index (χ0n) is 50.1. The Morgan fingerprint density at radius 2 is 1.02 bits per heavy atom. The number of carbonyl (C=O) groups excluding carboxylic acids is 4. The minimum Gasteiger partial charge on any atom is -0.453 e. The Bertz CT molecular complexity index is 4010. The summed E-state index contributed by atoms with van der Waals surface area (Å²) in [5.74, 6) is 10.7. The van der Waals surface area contributed by atoms with E-state index in [-0.39, 0.29) is 58.2 Å². The van der Waals surface area contributed by atoms with Gasteiger partial charge in [0, 0.05) is 137 Å². The summed E-state index contributed by atoms with van der Waals surface area (Å²) in [6.07, 6.45) is -3.32. The number of hydrogen-bond acceptors (Lipinski definition) is 14. The van der Waals surface area contributed by atoms with Crippen LogP contribution in [0.3, 0.4) is 0 Å². The first-order chi connectivity index (χ1) is 43.6. The minimum atomic E-state index is -4.61. The normalized spacial score (nSPS) is 13.5. The van der Waals surface area contributed by atoms with Crippen LogP contribution in [0.15, 0.2) is 122 Å². The summed E-state index contributed by atoms with van der Waals surface area (Å²) >= 11 is 5.61. The van der Waals surface area contributed by atoms with Crippen molar-refractivity contribution in [1.29, 1.82) is 0 Å². The fourth-order valence-corrected chi connectivity index (χ4v) is 9.84. The number of amides is 4. The van der Waals surface area contributed by atoms with E-state index in [1.165, 1.54) is 38.5 Å². The zero-order chi connectivity index (χ0) is 65.2. The van der Waals surface area contributed by atoms with Gasteiger partial charge in [0.25, 0.3) is 11.8 Å². The lowest BCUT2D eigenvalue weighted by molar-refractivity contribution is -0.139. The van der Waals surface area contributed by atoms with Crippen LogP contribution in [0.25, 0.3) is 11.3 Å². The second-order valence-corrected chi connectivity index (χ2v) is 21.0. The molecular formula is C64H65ClF6N14O6. The Morgan fingerprint density at radius 1 is 0.582 bits per heavy atom. The lowest BCUT2D eigenvalue weighted by atomic mass is 10.0. The number of fused-ring (bicyclic) bond motifs is 2. The third-order valence-electron chi connectivity index (χ3n) is 14.7. The number of piperazine rings is 2. The van der Waals surface area contributed by atoms with E-state index < -0.39 is 35.3 Å². The van der Waals surface area contributed by atoms with Crippen molar-refractivity contribution >= 4 is 58.3 Å². The van der Waals surface area contributed by atoms with Crippen LogP contribution in [-0.4, -0.2) is 166 Å². The molecule has 2 aliphatic heterocycles. The van der Waals surface area contributed by atoms with Crippen molar-refractivity contribution in [2.45, 2.75) is 38.6 Å². The van der Waals surface area contributed by atoms with E-state index in [4.69, 9.17) is 22.1 Å². The molecule has 0 atom stereocenters. The molecule has 0 bridgehead atoms. The number of carbonyl (C=O) groups is 4. The topological polar surface area (TPSA) is 222 Å². The predicted molar refractivity (Wildman–Crippen MR) is 330 cm³/mol. The molecule has 91 heavy (non-hydrogen) atoms. The largest absolute Gasteiger partial charge is 0.453 e. The highest BCUT2D eigenvalue weighted by atomic mass is 35.5. The summed E-state index contributed by atoms with van der Waals surface area (Å²) in [4.78, 5) is 64.7. The van der Waals surface area contributed by atoms with Crippen molar-refractivity contribution in [2.75, 3.05) is 103 Å². The van der Waals surface area contributed by atoms with E-state index >= 15 is 0 Å². The molecule has 20 nitrogen and oxygen atoms in total. The van der Waals surface area contributed by atoms with Crippen LogP contribution in [0.5, 0.6) is 0 Å². The Balaban J connectivity index is 0.000000202. The maximum atomic E-state index is 14.0. The van der Waals surface area contributed by atoms with E-state index in [9.17, 15) is 45.5 Å². The van der Waals surface area contributed by atoms with Crippen molar-refractivity contribution in [3.63, 3.8) is 0 Å². The predicted octanol–water partition coefficient (Wildman–Crippen LogP) is 8.96. The highest BCUT2D eigenvalue weighted by molar-refractivity contribution is 6.17. The number of alkyl halides is 7. The van der Waals surface area contributed by atoms with Gasteiger partial charge in [-0.2, -0.15) is 36.5 Å². The second kappa shape index (κ2) is 31.2. The molecule has 0 radical (unpaired) electrons. The van der Waals surface area contributed by atoms with Crippen LogP contribution >= 0.6 is 11.6 Å². The SMILES string of the molecule is COC(=O)N1CCN(CCN)CC1.COC(=O)N1CCN(CCNCc2ccc(NC(=O)c3ccc(C)c(C#Cc4cnc5cccnn45)c3)cc2C(F)(F)F)CC1.Cc1ccc(C(=O)Nc2ccc(CCl)c(C(F)(F)F)c2)cc1C#Cc1cnc2cccnn12. The third kappa shape index (κ3) is 18.3. The smallest absolute Gasteiger partial charge is 0.416 e. The van der Waals surface area contributed by atoms with E-state index in [1.807, 2.05) is 13.8 Å². The first-order valence-corrected chi connectivity index (χ1v) is 29.1. The zero-order valence-corrected chi connectivity index (χ0v) is 50.8. The highest BCUT2D eigenvalue weighted by Gasteiger charge is 2.35. The van der Waals surface area contributed by atoms with Crippen LogP contribution in [-0.2, 0) is 34.3 Å². The summed E-state index contributed by atoms with van der Waals surface area (Å²) in [6.45, 7) is 12.1. The molecule has 2 saturated heterocycles. The quantitative estimate of drug-likeness (QED) is 0.0388. The van der Waals surface area contributed by atoms with E-state index in [1.54, 1.807) is 104 Å². The number of hydrogen-bond donors (Lipinski definition) is 4. The molecule has 27 heteroatoms. The summed E-state index contributed by atoms with van der Waals surface area (Å²) < 4.78 is 94.4. The standard InChI is InChI=1S/C32H32F3N7O3.C24H16ClF3N4O.C8H17N3O2/c1-22-5-6-24(18-23(22)8-10-27-21-37-29-4-3-11-38-42(27)29)30(43)39-26-9-7-25(28(19-26)32(33,34)35)20-36-12-13-40-14-16-41(17-15-40)31(44)45-2;1-15-4-5-17(11-16(15)7-9-20-14-29-22-3-2-10-30-32(20)22)23(33)31-19-8-6-18(13-25)21(12-19)24(26,27)28;1-13-8(12)11-6-4-10(3-2-9)5-7-11/h3-7,9,11,18-19,21,36H,12-17,20H2,1-2H3,(H,39,43);2-6,8,10-12,14H,13H2,1H3,(H,31,33);2-7,9H2,1H3. The molecule has 0 saturated carbocycles. The van der Waals surface area contributed by atoms with Crippen LogP contribution < -0.4 is 21.7 Å². The van der Waals surface area contributed by atoms with Gasteiger partial charge in [-0.25, -0.2) is 28.6 Å². The molecule has 5 N–H and O–H groups in total. The fraction of sp³-hybridized carbons (Fsp3) is 0.312. The molecule has 4 aromatic heterocycles. The highest BCUT2D eigenvalue weighted by Crippen LogP contribution is 2.36. The number of aromatic nitrogens is 6. The van der Waals surface area contributed by atoms with Gasteiger partial charge in [0.1, 0.15) is 11.4 Å². The Labute approximate surface area is 525 Å². The molecule has 4 amide bonds. The number of aryl methyl sites for hydroxylation is 2. The number of nitrogens with one attached hydrogen (secondary N) is 3. The van der Waals surface area contributed by atoms with Crippen molar-refractivity contribution in [1.82, 2.24) is 54.1 Å². The van der Waals surface area contributed by atoms with E-state index in [2.05, 4.69) is 74.3 Å². The molecule has 0 aliphatic carbocycles. The number of benzene rings is 4. The molecule has 6 heterocycles.